The summed E-state index contributed by atoms with van der Waals surface area (Å²) in [6, 6.07) is 12.5. The first-order valence-electron chi connectivity index (χ1n) is 6.46. The molecule has 2 rings (SSSR count). The van der Waals surface area contributed by atoms with Crippen molar-refractivity contribution in [3.63, 3.8) is 0 Å². The molecule has 0 bridgehead atoms. The summed E-state index contributed by atoms with van der Waals surface area (Å²) in [5.74, 6) is 0. The lowest BCUT2D eigenvalue weighted by atomic mass is 10.1. The van der Waals surface area contributed by atoms with Crippen LogP contribution in [0.4, 0.5) is 0 Å². The van der Waals surface area contributed by atoms with Gasteiger partial charge in [0.1, 0.15) is 0 Å². The van der Waals surface area contributed by atoms with Gasteiger partial charge in [0.25, 0.3) is 0 Å². The monoisotopic (exact) mass is 368 g/mol. The predicted octanol–water partition coefficient (Wildman–Crippen LogP) is 2.69. The van der Waals surface area contributed by atoms with Crippen molar-refractivity contribution in [2.75, 3.05) is 0 Å². The van der Waals surface area contributed by atoms with Gasteiger partial charge in [-0.05, 0) is 41.8 Å². The first-order chi connectivity index (χ1) is 9.94. The van der Waals surface area contributed by atoms with Crippen LogP contribution in [0.2, 0.25) is 0 Å². The van der Waals surface area contributed by atoms with Crippen LogP contribution in [0, 0.1) is 6.92 Å². The summed E-state index contributed by atoms with van der Waals surface area (Å²) in [7, 11) is -3.53. The molecule has 0 amide bonds. The van der Waals surface area contributed by atoms with Crippen LogP contribution in [0.15, 0.2) is 51.8 Å². The third-order valence-electron chi connectivity index (χ3n) is 3.23. The van der Waals surface area contributed by atoms with Gasteiger partial charge < -0.3 is 5.73 Å². The van der Waals surface area contributed by atoms with Gasteiger partial charge in [0.05, 0.1) is 4.90 Å². The van der Waals surface area contributed by atoms with Gasteiger partial charge in [-0.1, -0.05) is 40.2 Å². The summed E-state index contributed by atoms with van der Waals surface area (Å²) >= 11 is 3.36. The minimum absolute atomic E-state index is 0.227. The number of halogens is 1. The number of aryl methyl sites for hydroxylation is 1. The molecule has 2 aromatic rings. The third kappa shape index (κ3) is 3.91. The van der Waals surface area contributed by atoms with Crippen molar-refractivity contribution >= 4 is 26.0 Å². The smallest absolute Gasteiger partial charge is 0.240 e. The molecule has 0 saturated heterocycles. The summed E-state index contributed by atoms with van der Waals surface area (Å²) in [6.45, 7) is 2.47. The van der Waals surface area contributed by atoms with E-state index in [2.05, 4.69) is 20.7 Å². The molecule has 0 saturated carbocycles. The molecule has 0 aliphatic heterocycles. The normalized spacial score (nSPS) is 11.6. The van der Waals surface area contributed by atoms with E-state index in [0.29, 0.717) is 6.54 Å². The van der Waals surface area contributed by atoms with E-state index in [4.69, 9.17) is 5.73 Å². The van der Waals surface area contributed by atoms with Gasteiger partial charge in [0, 0.05) is 17.6 Å². The van der Waals surface area contributed by atoms with Crippen LogP contribution in [0.5, 0.6) is 0 Å². The lowest BCUT2D eigenvalue weighted by Crippen LogP contribution is -2.24. The highest BCUT2D eigenvalue weighted by molar-refractivity contribution is 9.10. The Morgan fingerprint density at radius 2 is 1.81 bits per heavy atom. The predicted molar refractivity (Wildman–Crippen MR) is 87.2 cm³/mol. The van der Waals surface area contributed by atoms with Crippen molar-refractivity contribution in [3.05, 3.63) is 63.6 Å². The van der Waals surface area contributed by atoms with E-state index >= 15 is 0 Å². The first kappa shape index (κ1) is 16.2. The summed E-state index contributed by atoms with van der Waals surface area (Å²) in [6.07, 6.45) is 0. The number of rotatable bonds is 5. The molecule has 0 atom stereocenters. The molecule has 0 spiro atoms. The number of nitrogens with one attached hydrogen (secondary N) is 1. The molecule has 21 heavy (non-hydrogen) atoms. The zero-order valence-corrected chi connectivity index (χ0v) is 14.0. The Labute approximate surface area is 133 Å². The quantitative estimate of drug-likeness (QED) is 0.851. The van der Waals surface area contributed by atoms with E-state index in [-0.39, 0.29) is 11.4 Å². The molecular weight excluding hydrogens is 352 g/mol. The molecule has 0 heterocycles. The van der Waals surface area contributed by atoms with Gasteiger partial charge in [-0.3, -0.25) is 0 Å². The Morgan fingerprint density at radius 3 is 2.43 bits per heavy atom. The number of hydrogen-bond donors (Lipinski definition) is 2. The number of hydrogen-bond acceptors (Lipinski definition) is 3. The third-order valence-corrected chi connectivity index (χ3v) is 5.52. The van der Waals surface area contributed by atoms with Crippen molar-refractivity contribution in [2.24, 2.45) is 5.73 Å². The van der Waals surface area contributed by atoms with Crippen molar-refractivity contribution in [1.82, 2.24) is 4.72 Å². The number of nitrogens with two attached hydrogens (primary N) is 1. The van der Waals surface area contributed by atoms with Gasteiger partial charge in [0.2, 0.25) is 10.0 Å². The molecule has 6 heteroatoms. The van der Waals surface area contributed by atoms with Gasteiger partial charge >= 0.3 is 0 Å². The Hall–Kier alpha value is -1.21. The highest BCUT2D eigenvalue weighted by atomic mass is 79.9. The fourth-order valence-corrected chi connectivity index (χ4v) is 3.31. The summed E-state index contributed by atoms with van der Waals surface area (Å²) < 4.78 is 28.1. The van der Waals surface area contributed by atoms with Crippen molar-refractivity contribution in [3.8, 4) is 0 Å². The van der Waals surface area contributed by atoms with Gasteiger partial charge in [-0.15, -0.1) is 0 Å². The maximum Gasteiger partial charge on any atom is 0.240 e. The Kier molecular flexibility index (Phi) is 5.16. The molecule has 0 aliphatic rings. The Morgan fingerprint density at radius 1 is 1.14 bits per heavy atom. The highest BCUT2D eigenvalue weighted by Gasteiger charge is 2.15. The lowest BCUT2D eigenvalue weighted by molar-refractivity contribution is 0.581. The van der Waals surface area contributed by atoms with E-state index in [1.807, 2.05) is 31.2 Å². The maximum absolute atomic E-state index is 12.3. The van der Waals surface area contributed by atoms with Crippen LogP contribution in [-0.4, -0.2) is 8.42 Å². The fraction of sp³-hybridized carbons (Fsp3) is 0.200. The minimum Gasteiger partial charge on any atom is -0.326 e. The largest absolute Gasteiger partial charge is 0.326 e. The van der Waals surface area contributed by atoms with E-state index in [9.17, 15) is 8.42 Å². The first-order valence-corrected chi connectivity index (χ1v) is 8.74. The summed E-state index contributed by atoms with van der Waals surface area (Å²) in [5.41, 5.74) is 8.35. The second kappa shape index (κ2) is 6.70. The van der Waals surface area contributed by atoms with Crippen LogP contribution in [0.3, 0.4) is 0 Å². The number of benzene rings is 2. The van der Waals surface area contributed by atoms with Crippen LogP contribution in [0.1, 0.15) is 16.7 Å². The summed E-state index contributed by atoms with van der Waals surface area (Å²) in [4.78, 5) is 0.258. The van der Waals surface area contributed by atoms with Gasteiger partial charge in [-0.25, -0.2) is 13.1 Å². The molecule has 2 aromatic carbocycles. The Balaban J connectivity index is 2.20. The molecule has 0 aliphatic carbocycles. The summed E-state index contributed by atoms with van der Waals surface area (Å²) in [5, 5.41) is 0. The van der Waals surface area contributed by atoms with E-state index in [1.54, 1.807) is 18.2 Å². The molecular formula is C15H17BrN2O2S. The van der Waals surface area contributed by atoms with Gasteiger partial charge in [0.15, 0.2) is 0 Å². The number of sulfonamides is 1. The van der Waals surface area contributed by atoms with E-state index in [0.717, 1.165) is 21.2 Å². The molecule has 0 unspecified atom stereocenters. The maximum atomic E-state index is 12.3. The lowest BCUT2D eigenvalue weighted by Gasteiger charge is -2.11. The SMILES string of the molecule is Cc1cc(S(=O)(=O)NCc2ccccc2CN)ccc1Br. The second-order valence-electron chi connectivity index (χ2n) is 4.71. The minimum atomic E-state index is -3.53. The average Bonchev–Trinajstić information content (AvgIpc) is 2.48. The Bertz CT molecular complexity index is 745. The van der Waals surface area contributed by atoms with Crippen molar-refractivity contribution < 1.29 is 8.42 Å². The molecule has 0 fully saturated rings. The molecule has 0 aromatic heterocycles. The molecule has 4 nitrogen and oxygen atoms in total. The van der Waals surface area contributed by atoms with Gasteiger partial charge in [-0.2, -0.15) is 0 Å². The van der Waals surface area contributed by atoms with Crippen LogP contribution < -0.4 is 10.5 Å². The highest BCUT2D eigenvalue weighted by Crippen LogP contribution is 2.20. The van der Waals surface area contributed by atoms with Crippen molar-refractivity contribution in [2.45, 2.75) is 24.9 Å². The van der Waals surface area contributed by atoms with E-state index in [1.165, 1.54) is 0 Å². The van der Waals surface area contributed by atoms with Crippen LogP contribution in [-0.2, 0) is 23.1 Å². The zero-order valence-electron chi connectivity index (χ0n) is 11.6. The van der Waals surface area contributed by atoms with Crippen LogP contribution in [0.25, 0.3) is 0 Å². The van der Waals surface area contributed by atoms with Crippen molar-refractivity contribution in [1.29, 1.82) is 0 Å². The second-order valence-corrected chi connectivity index (χ2v) is 7.33. The topological polar surface area (TPSA) is 72.2 Å². The zero-order chi connectivity index (χ0) is 15.5. The molecule has 3 N–H and O–H groups in total. The van der Waals surface area contributed by atoms with E-state index < -0.39 is 10.0 Å². The van der Waals surface area contributed by atoms with Crippen LogP contribution >= 0.6 is 15.9 Å². The standard InChI is InChI=1S/C15H17BrN2O2S/c1-11-8-14(6-7-15(11)16)21(19,20)18-10-13-5-3-2-4-12(13)9-17/h2-8,18H,9-10,17H2,1H3. The molecule has 0 radical (unpaired) electrons. The average molecular weight is 369 g/mol. The fourth-order valence-electron chi connectivity index (χ4n) is 1.97. The molecule has 112 valence electrons.